The maximum atomic E-state index is 10.8. The lowest BCUT2D eigenvalue weighted by Crippen LogP contribution is -2.43. The van der Waals surface area contributed by atoms with E-state index in [9.17, 15) is 4.79 Å². The van der Waals surface area contributed by atoms with Crippen LogP contribution in [-0.4, -0.2) is 23.9 Å². The Kier molecular flexibility index (Phi) is 5.55. The number of nitrogens with zero attached hydrogens (tertiary/aromatic N) is 1. The molecule has 1 atom stereocenters. The molecule has 72 valence electrons. The van der Waals surface area contributed by atoms with E-state index in [4.69, 9.17) is 17.5 Å². The maximum Gasteiger partial charge on any atom is 0.413 e. The van der Waals surface area contributed by atoms with E-state index in [0.717, 1.165) is 0 Å². The van der Waals surface area contributed by atoms with Crippen molar-refractivity contribution in [2.75, 3.05) is 6.61 Å². The molecule has 2 N–H and O–H groups in total. The van der Waals surface area contributed by atoms with E-state index < -0.39 is 12.1 Å². The molecule has 0 aromatic rings. The lowest BCUT2D eigenvalue weighted by molar-refractivity contribution is 0.157. The lowest BCUT2D eigenvalue weighted by Gasteiger charge is -2.09. The first-order chi connectivity index (χ1) is 6.10. The van der Waals surface area contributed by atoms with Gasteiger partial charge in [-0.15, -0.1) is 0 Å². The van der Waals surface area contributed by atoms with Crippen molar-refractivity contribution in [3.8, 4) is 6.07 Å². The van der Waals surface area contributed by atoms with E-state index in [1.807, 2.05) is 6.07 Å². The van der Waals surface area contributed by atoms with Crippen molar-refractivity contribution < 1.29 is 9.53 Å². The maximum absolute atomic E-state index is 10.8. The second-order valence-electron chi connectivity index (χ2n) is 2.17. The monoisotopic (exact) mass is 201 g/mol. The fourth-order valence-corrected chi connectivity index (χ4v) is 0.785. The molecule has 0 saturated carbocycles. The van der Waals surface area contributed by atoms with Crippen LogP contribution in [0.2, 0.25) is 0 Å². The zero-order valence-corrected chi connectivity index (χ0v) is 8.27. The van der Waals surface area contributed by atoms with Gasteiger partial charge in [-0.3, -0.25) is 5.32 Å². The standard InChI is InChI=1S/C7H11N3O2S/c1-3-12-7(11)10-6(13)9-5(2)4-8/h5H,3H2,1-2H3,(H2,9,10,11,13). The normalized spacial score (nSPS) is 10.8. The molecule has 1 amide bonds. The van der Waals surface area contributed by atoms with Gasteiger partial charge in [0, 0.05) is 0 Å². The molecule has 0 spiro atoms. The number of hydrogen-bond acceptors (Lipinski definition) is 4. The molecule has 0 aliphatic rings. The summed E-state index contributed by atoms with van der Waals surface area (Å²) >= 11 is 4.71. The Labute approximate surface area is 82.1 Å². The number of carbonyl (C=O) groups excluding carboxylic acids is 1. The largest absolute Gasteiger partial charge is 0.450 e. The number of nitriles is 1. The van der Waals surface area contributed by atoms with Crippen LogP contribution in [0.25, 0.3) is 0 Å². The number of alkyl carbamates (subject to hydrolysis) is 1. The molecule has 0 aliphatic carbocycles. The molecule has 0 rings (SSSR count). The van der Waals surface area contributed by atoms with Gasteiger partial charge in [-0.25, -0.2) is 4.79 Å². The van der Waals surface area contributed by atoms with Crippen LogP contribution in [0.1, 0.15) is 13.8 Å². The van der Waals surface area contributed by atoms with Crippen molar-refractivity contribution in [3.05, 3.63) is 0 Å². The zero-order valence-electron chi connectivity index (χ0n) is 7.46. The van der Waals surface area contributed by atoms with Crippen LogP contribution in [0.3, 0.4) is 0 Å². The summed E-state index contributed by atoms with van der Waals surface area (Å²) in [5.41, 5.74) is 0. The summed E-state index contributed by atoms with van der Waals surface area (Å²) in [6.07, 6.45) is -0.620. The third-order valence-electron chi connectivity index (χ3n) is 1.03. The summed E-state index contributed by atoms with van der Waals surface area (Å²) in [6.45, 7) is 3.59. The quantitative estimate of drug-likeness (QED) is 0.637. The van der Waals surface area contributed by atoms with Gasteiger partial charge in [0.1, 0.15) is 6.04 Å². The Morgan fingerprint density at radius 3 is 2.85 bits per heavy atom. The van der Waals surface area contributed by atoms with E-state index in [1.54, 1.807) is 13.8 Å². The van der Waals surface area contributed by atoms with Crippen LogP contribution in [-0.2, 0) is 4.74 Å². The van der Waals surface area contributed by atoms with Gasteiger partial charge in [0.15, 0.2) is 5.11 Å². The van der Waals surface area contributed by atoms with Crippen molar-refractivity contribution in [2.45, 2.75) is 19.9 Å². The lowest BCUT2D eigenvalue weighted by atomic mass is 10.4. The molecule has 0 radical (unpaired) electrons. The third-order valence-corrected chi connectivity index (χ3v) is 1.25. The first-order valence-electron chi connectivity index (χ1n) is 3.74. The van der Waals surface area contributed by atoms with E-state index >= 15 is 0 Å². The Balaban J connectivity index is 3.76. The third kappa shape index (κ3) is 5.87. The van der Waals surface area contributed by atoms with E-state index in [1.165, 1.54) is 0 Å². The molecule has 0 fully saturated rings. The topological polar surface area (TPSA) is 74.2 Å². The van der Waals surface area contributed by atoms with Crippen molar-refractivity contribution in [1.29, 1.82) is 5.26 Å². The highest BCUT2D eigenvalue weighted by atomic mass is 32.1. The summed E-state index contributed by atoms with van der Waals surface area (Å²) in [4.78, 5) is 10.8. The molecule has 0 aromatic heterocycles. The van der Waals surface area contributed by atoms with Crippen molar-refractivity contribution in [3.63, 3.8) is 0 Å². The Morgan fingerprint density at radius 2 is 2.38 bits per heavy atom. The van der Waals surface area contributed by atoms with Crippen LogP contribution in [0.15, 0.2) is 0 Å². The van der Waals surface area contributed by atoms with E-state index in [0.29, 0.717) is 0 Å². The minimum atomic E-state index is -0.620. The molecular formula is C7H11N3O2S. The van der Waals surface area contributed by atoms with Gasteiger partial charge in [-0.2, -0.15) is 5.26 Å². The number of thiocarbonyl (C=S) groups is 1. The summed E-state index contributed by atoms with van der Waals surface area (Å²) < 4.78 is 4.57. The molecule has 0 aromatic carbocycles. The molecule has 13 heavy (non-hydrogen) atoms. The number of carbonyl (C=O) groups is 1. The predicted molar refractivity (Wildman–Crippen MR) is 51.0 cm³/mol. The van der Waals surface area contributed by atoms with E-state index in [-0.39, 0.29) is 11.7 Å². The number of rotatable bonds is 2. The Hall–Kier alpha value is -1.35. The van der Waals surface area contributed by atoms with Gasteiger partial charge < -0.3 is 10.1 Å². The van der Waals surface area contributed by atoms with Crippen molar-refractivity contribution >= 4 is 23.4 Å². The highest BCUT2D eigenvalue weighted by Gasteiger charge is 2.06. The number of nitrogens with one attached hydrogen (secondary N) is 2. The minimum absolute atomic E-state index is 0.0903. The van der Waals surface area contributed by atoms with Crippen LogP contribution < -0.4 is 10.6 Å². The van der Waals surface area contributed by atoms with Crippen LogP contribution in [0, 0.1) is 11.3 Å². The average molecular weight is 201 g/mol. The molecule has 6 heteroatoms. The van der Waals surface area contributed by atoms with Gasteiger partial charge in [0.05, 0.1) is 12.7 Å². The van der Waals surface area contributed by atoms with Gasteiger partial charge in [0.2, 0.25) is 0 Å². The fraction of sp³-hybridized carbons (Fsp3) is 0.571. The SMILES string of the molecule is CCOC(=O)NC(=S)NC(C)C#N. The average Bonchev–Trinajstić information content (AvgIpc) is 2.04. The second-order valence-corrected chi connectivity index (χ2v) is 2.58. The Bertz CT molecular complexity index is 236. The van der Waals surface area contributed by atoms with Gasteiger partial charge in [-0.05, 0) is 26.1 Å². The number of hydrogen-bond donors (Lipinski definition) is 2. The summed E-state index contributed by atoms with van der Waals surface area (Å²) in [7, 11) is 0. The van der Waals surface area contributed by atoms with Crippen LogP contribution in [0.4, 0.5) is 4.79 Å². The summed E-state index contributed by atoms with van der Waals surface area (Å²) in [5.74, 6) is 0. The first kappa shape index (κ1) is 11.6. The molecule has 1 unspecified atom stereocenters. The number of amides is 1. The van der Waals surface area contributed by atoms with Gasteiger partial charge in [-0.1, -0.05) is 0 Å². The summed E-state index contributed by atoms with van der Waals surface area (Å²) in [6, 6.07) is 1.47. The van der Waals surface area contributed by atoms with Gasteiger partial charge in [0.25, 0.3) is 0 Å². The van der Waals surface area contributed by atoms with E-state index in [2.05, 4.69) is 15.4 Å². The highest BCUT2D eigenvalue weighted by Crippen LogP contribution is 1.80. The molecule has 0 heterocycles. The Morgan fingerprint density at radius 1 is 1.77 bits per heavy atom. The summed E-state index contributed by atoms with van der Waals surface area (Å²) in [5, 5.41) is 13.3. The molecular weight excluding hydrogens is 190 g/mol. The fourth-order valence-electron chi connectivity index (χ4n) is 0.525. The molecule has 0 bridgehead atoms. The molecule has 0 aliphatic heterocycles. The second kappa shape index (κ2) is 6.20. The minimum Gasteiger partial charge on any atom is -0.450 e. The van der Waals surface area contributed by atoms with Gasteiger partial charge >= 0.3 is 6.09 Å². The van der Waals surface area contributed by atoms with Crippen molar-refractivity contribution in [1.82, 2.24) is 10.6 Å². The zero-order chi connectivity index (χ0) is 10.3. The van der Waals surface area contributed by atoms with Crippen LogP contribution in [0.5, 0.6) is 0 Å². The first-order valence-corrected chi connectivity index (χ1v) is 4.14. The number of ether oxygens (including phenoxy) is 1. The predicted octanol–water partition coefficient (Wildman–Crippen LogP) is 0.519. The highest BCUT2D eigenvalue weighted by molar-refractivity contribution is 7.80. The smallest absolute Gasteiger partial charge is 0.413 e. The molecule has 5 nitrogen and oxygen atoms in total. The van der Waals surface area contributed by atoms with Crippen LogP contribution >= 0.6 is 12.2 Å². The van der Waals surface area contributed by atoms with Crippen molar-refractivity contribution in [2.24, 2.45) is 0 Å². The molecule has 0 saturated heterocycles.